The van der Waals surface area contributed by atoms with Gasteiger partial charge in [-0.3, -0.25) is 9.20 Å². The first-order valence-corrected chi connectivity index (χ1v) is 7.51. The number of carbonyl (C=O) groups is 2. The van der Waals surface area contributed by atoms with E-state index in [-0.39, 0.29) is 5.91 Å². The van der Waals surface area contributed by atoms with E-state index in [0.717, 1.165) is 0 Å². The Labute approximate surface area is 143 Å². The molecule has 0 fully saturated rings. The largest absolute Gasteiger partial charge is 0.465 e. The molecule has 3 rings (SSSR count). The number of ether oxygens (including phenoxy) is 1. The van der Waals surface area contributed by atoms with Crippen LogP contribution in [-0.2, 0) is 4.74 Å². The lowest BCUT2D eigenvalue weighted by Gasteiger charge is -2.07. The summed E-state index contributed by atoms with van der Waals surface area (Å²) in [5.41, 5.74) is 2.62. The quantitative estimate of drug-likeness (QED) is 0.740. The summed E-state index contributed by atoms with van der Waals surface area (Å²) in [7, 11) is 1.32. The number of benzene rings is 1. The summed E-state index contributed by atoms with van der Waals surface area (Å²) in [4.78, 5) is 28.4. The van der Waals surface area contributed by atoms with E-state index in [4.69, 9.17) is 11.6 Å². The van der Waals surface area contributed by atoms with Gasteiger partial charge in [0.15, 0.2) is 0 Å². The molecule has 0 bridgehead atoms. The van der Waals surface area contributed by atoms with Crippen LogP contribution in [0, 0.1) is 6.92 Å². The smallest absolute Gasteiger partial charge is 0.337 e. The lowest BCUT2D eigenvalue weighted by atomic mass is 10.2. The Bertz CT molecular complexity index is 932. The predicted octanol–water partition coefficient (Wildman–Crippen LogP) is 3.34. The van der Waals surface area contributed by atoms with E-state index in [9.17, 15) is 9.59 Å². The molecule has 0 saturated carbocycles. The second-order valence-electron chi connectivity index (χ2n) is 5.14. The van der Waals surface area contributed by atoms with Crippen LogP contribution in [0.4, 0.5) is 5.69 Å². The Balaban J connectivity index is 1.89. The van der Waals surface area contributed by atoms with Gasteiger partial charge in [0.05, 0.1) is 23.4 Å². The van der Waals surface area contributed by atoms with E-state index < -0.39 is 5.97 Å². The van der Waals surface area contributed by atoms with E-state index in [1.54, 1.807) is 53.9 Å². The maximum absolute atomic E-state index is 12.6. The van der Waals surface area contributed by atoms with Gasteiger partial charge in [-0.05, 0) is 43.3 Å². The van der Waals surface area contributed by atoms with Gasteiger partial charge in [-0.15, -0.1) is 0 Å². The number of rotatable bonds is 3. The first-order valence-electron chi connectivity index (χ1n) is 7.13. The zero-order valence-corrected chi connectivity index (χ0v) is 13.8. The molecule has 1 amide bonds. The maximum Gasteiger partial charge on any atom is 0.337 e. The van der Waals surface area contributed by atoms with Crippen LogP contribution < -0.4 is 5.32 Å². The van der Waals surface area contributed by atoms with Gasteiger partial charge in [0.1, 0.15) is 11.3 Å². The molecule has 0 spiro atoms. The van der Waals surface area contributed by atoms with Crippen LogP contribution in [0.5, 0.6) is 0 Å². The van der Waals surface area contributed by atoms with Gasteiger partial charge in [0.25, 0.3) is 5.91 Å². The molecule has 0 aliphatic rings. The SMILES string of the molecule is COC(=O)c1ccc(NC(=O)c2c(C)nc3ccc(Cl)cn23)cc1. The molecule has 1 N–H and O–H groups in total. The summed E-state index contributed by atoms with van der Waals surface area (Å²) in [6, 6.07) is 9.90. The number of hydrogen-bond acceptors (Lipinski definition) is 4. The Morgan fingerprint density at radius 3 is 2.54 bits per heavy atom. The topological polar surface area (TPSA) is 72.7 Å². The summed E-state index contributed by atoms with van der Waals surface area (Å²) in [5, 5.41) is 3.30. The van der Waals surface area contributed by atoms with Crippen LogP contribution in [0.25, 0.3) is 5.65 Å². The summed E-state index contributed by atoms with van der Waals surface area (Å²) in [6.07, 6.45) is 1.64. The lowest BCUT2D eigenvalue weighted by Crippen LogP contribution is -2.15. The van der Waals surface area contributed by atoms with Crippen molar-refractivity contribution >= 4 is 34.8 Å². The minimum Gasteiger partial charge on any atom is -0.465 e. The summed E-state index contributed by atoms with van der Waals surface area (Å²) < 4.78 is 6.29. The highest BCUT2D eigenvalue weighted by atomic mass is 35.5. The van der Waals surface area contributed by atoms with Gasteiger partial charge in [-0.1, -0.05) is 11.6 Å². The molecular weight excluding hydrogens is 330 g/mol. The molecule has 0 saturated heterocycles. The van der Waals surface area contributed by atoms with Gasteiger partial charge in [-0.25, -0.2) is 9.78 Å². The number of esters is 1. The van der Waals surface area contributed by atoms with Gasteiger partial charge in [-0.2, -0.15) is 0 Å². The molecular formula is C17H14ClN3O3. The Kier molecular flexibility index (Phi) is 4.22. The highest BCUT2D eigenvalue weighted by Gasteiger charge is 2.17. The average molecular weight is 344 g/mol. The standard InChI is InChI=1S/C17H14ClN3O3/c1-10-15(21-9-12(18)5-8-14(21)19-10)16(22)20-13-6-3-11(4-7-13)17(23)24-2/h3-9H,1-2H3,(H,20,22). The first-order chi connectivity index (χ1) is 11.5. The summed E-state index contributed by atoms with van der Waals surface area (Å²) >= 11 is 6.00. The van der Waals surface area contributed by atoms with E-state index in [2.05, 4.69) is 15.0 Å². The number of methoxy groups -OCH3 is 1. The lowest BCUT2D eigenvalue weighted by molar-refractivity contribution is 0.0600. The second kappa shape index (κ2) is 6.33. The number of aryl methyl sites for hydroxylation is 1. The number of fused-ring (bicyclic) bond motifs is 1. The van der Waals surface area contributed by atoms with Crippen molar-refractivity contribution in [2.24, 2.45) is 0 Å². The monoisotopic (exact) mass is 343 g/mol. The molecule has 0 radical (unpaired) electrons. The number of nitrogens with one attached hydrogen (secondary N) is 1. The number of pyridine rings is 1. The Morgan fingerprint density at radius 2 is 1.88 bits per heavy atom. The van der Waals surface area contributed by atoms with Crippen molar-refractivity contribution < 1.29 is 14.3 Å². The normalized spacial score (nSPS) is 10.6. The number of anilines is 1. The van der Waals surface area contributed by atoms with Crippen LogP contribution in [0.15, 0.2) is 42.6 Å². The molecule has 2 heterocycles. The van der Waals surface area contributed by atoms with Gasteiger partial charge in [0, 0.05) is 11.9 Å². The maximum atomic E-state index is 12.6. The summed E-state index contributed by atoms with van der Waals surface area (Å²) in [5.74, 6) is -0.742. The zero-order chi connectivity index (χ0) is 17.3. The van der Waals surface area contributed by atoms with Gasteiger partial charge < -0.3 is 10.1 Å². The number of imidazole rings is 1. The number of nitrogens with zero attached hydrogens (tertiary/aromatic N) is 2. The highest BCUT2D eigenvalue weighted by Crippen LogP contribution is 2.18. The molecule has 2 aromatic heterocycles. The van der Waals surface area contributed by atoms with Crippen molar-refractivity contribution in [2.45, 2.75) is 6.92 Å². The molecule has 0 atom stereocenters. The van der Waals surface area contributed by atoms with Gasteiger partial charge in [0.2, 0.25) is 0 Å². The van der Waals surface area contributed by atoms with E-state index >= 15 is 0 Å². The van der Waals surface area contributed by atoms with Crippen LogP contribution in [0.1, 0.15) is 26.5 Å². The van der Waals surface area contributed by atoms with E-state index in [1.807, 2.05) is 0 Å². The number of aromatic nitrogens is 2. The fourth-order valence-electron chi connectivity index (χ4n) is 2.41. The third-order valence-electron chi connectivity index (χ3n) is 3.54. The minimum atomic E-state index is -0.430. The highest BCUT2D eigenvalue weighted by molar-refractivity contribution is 6.30. The third-order valence-corrected chi connectivity index (χ3v) is 3.76. The van der Waals surface area contributed by atoms with E-state index in [1.165, 1.54) is 7.11 Å². The zero-order valence-electron chi connectivity index (χ0n) is 13.0. The molecule has 1 aromatic carbocycles. The van der Waals surface area contributed by atoms with Crippen LogP contribution in [0.2, 0.25) is 5.02 Å². The number of amides is 1. The molecule has 6 nitrogen and oxygen atoms in total. The van der Waals surface area contributed by atoms with Crippen LogP contribution in [-0.4, -0.2) is 28.4 Å². The summed E-state index contributed by atoms with van der Waals surface area (Å²) in [6.45, 7) is 1.76. The Hall–Kier alpha value is -2.86. The molecule has 0 unspecified atom stereocenters. The van der Waals surface area contributed by atoms with Crippen molar-refractivity contribution in [3.63, 3.8) is 0 Å². The molecule has 3 aromatic rings. The first kappa shape index (κ1) is 16.0. The van der Waals surface area contributed by atoms with Crippen LogP contribution >= 0.6 is 11.6 Å². The minimum absolute atomic E-state index is 0.312. The number of halogens is 1. The number of hydrogen-bond donors (Lipinski definition) is 1. The molecule has 7 heteroatoms. The fraction of sp³-hybridized carbons (Fsp3) is 0.118. The molecule has 122 valence electrons. The van der Waals surface area contributed by atoms with Crippen molar-refractivity contribution in [2.75, 3.05) is 12.4 Å². The van der Waals surface area contributed by atoms with Gasteiger partial charge >= 0.3 is 5.97 Å². The third kappa shape index (κ3) is 2.96. The van der Waals surface area contributed by atoms with Crippen LogP contribution in [0.3, 0.4) is 0 Å². The van der Waals surface area contributed by atoms with Crippen molar-refractivity contribution in [3.8, 4) is 0 Å². The average Bonchev–Trinajstić information content (AvgIpc) is 2.90. The molecule has 0 aliphatic heterocycles. The molecule has 24 heavy (non-hydrogen) atoms. The Morgan fingerprint density at radius 1 is 1.17 bits per heavy atom. The second-order valence-corrected chi connectivity index (χ2v) is 5.58. The number of carbonyl (C=O) groups excluding carboxylic acids is 2. The van der Waals surface area contributed by atoms with Crippen molar-refractivity contribution in [3.05, 3.63) is 64.6 Å². The predicted molar refractivity (Wildman–Crippen MR) is 90.7 cm³/mol. The van der Waals surface area contributed by atoms with Crippen molar-refractivity contribution in [1.82, 2.24) is 9.38 Å². The van der Waals surface area contributed by atoms with Crippen molar-refractivity contribution in [1.29, 1.82) is 0 Å². The molecule has 0 aliphatic carbocycles. The fourth-order valence-corrected chi connectivity index (χ4v) is 2.57. The van der Waals surface area contributed by atoms with E-state index in [0.29, 0.717) is 33.3 Å².